The second kappa shape index (κ2) is 11.7. The van der Waals surface area contributed by atoms with Crippen molar-refractivity contribution in [2.75, 3.05) is 40.4 Å². The third-order valence-corrected chi connectivity index (χ3v) is 6.30. The molecular formula is C26H32N4O5. The summed E-state index contributed by atoms with van der Waals surface area (Å²) in [7, 11) is 2.69. The minimum absolute atomic E-state index is 0.304. The second-order valence-corrected chi connectivity index (χ2v) is 8.54. The zero-order valence-corrected chi connectivity index (χ0v) is 20.3. The first kappa shape index (κ1) is 26.1. The van der Waals surface area contributed by atoms with Crippen molar-refractivity contribution in [3.05, 3.63) is 70.8 Å². The summed E-state index contributed by atoms with van der Waals surface area (Å²) >= 11 is 0. The Kier molecular flexibility index (Phi) is 8.75. The molecule has 3 N–H and O–H groups in total. The molecule has 1 heterocycles. The Hall–Kier alpha value is -3.53. The number of nitrogens with one attached hydrogen (secondary N) is 2. The maximum atomic E-state index is 13.0. The smallest absolute Gasteiger partial charge is 0.278 e. The topological polar surface area (TPSA) is 111 Å². The Morgan fingerprint density at radius 1 is 1.00 bits per heavy atom. The van der Waals surface area contributed by atoms with Gasteiger partial charge in [-0.25, -0.2) is 5.48 Å². The monoisotopic (exact) mass is 480 g/mol. The van der Waals surface area contributed by atoms with Crippen molar-refractivity contribution in [1.82, 2.24) is 20.6 Å². The van der Waals surface area contributed by atoms with Gasteiger partial charge in [0.15, 0.2) is 5.54 Å². The molecular weight excluding hydrogens is 448 g/mol. The van der Waals surface area contributed by atoms with E-state index < -0.39 is 23.3 Å². The third-order valence-electron chi connectivity index (χ3n) is 6.30. The molecule has 3 rings (SSSR count). The molecule has 186 valence electrons. The lowest BCUT2D eigenvalue weighted by Crippen LogP contribution is -2.64. The predicted octanol–water partition coefficient (Wildman–Crippen LogP) is 1.77. The van der Waals surface area contributed by atoms with Crippen LogP contribution in [-0.2, 0) is 20.9 Å². The van der Waals surface area contributed by atoms with Gasteiger partial charge in [-0.3, -0.25) is 24.5 Å². The summed E-state index contributed by atoms with van der Waals surface area (Å²) in [6.45, 7) is 5.65. The summed E-state index contributed by atoms with van der Waals surface area (Å²) in [5, 5.41) is 11.4. The fraction of sp³-hybridized carbons (Fsp3) is 0.346. The van der Waals surface area contributed by atoms with E-state index in [-0.39, 0.29) is 0 Å². The van der Waals surface area contributed by atoms with Crippen LogP contribution in [0.4, 0.5) is 0 Å². The van der Waals surface area contributed by atoms with Gasteiger partial charge in [-0.2, -0.15) is 0 Å². The van der Waals surface area contributed by atoms with Crippen LogP contribution in [0.1, 0.15) is 34.0 Å². The number of hydrogen-bond acceptors (Lipinski definition) is 6. The second-order valence-electron chi connectivity index (χ2n) is 8.54. The number of rotatable bonds is 8. The van der Waals surface area contributed by atoms with Gasteiger partial charge < -0.3 is 15.0 Å². The van der Waals surface area contributed by atoms with Crippen molar-refractivity contribution >= 4 is 29.9 Å². The summed E-state index contributed by atoms with van der Waals surface area (Å²) < 4.78 is 5.39. The number of morpholine rings is 1. The van der Waals surface area contributed by atoms with Gasteiger partial charge in [-0.15, -0.1) is 0 Å². The lowest BCUT2D eigenvalue weighted by Gasteiger charge is -2.34. The highest BCUT2D eigenvalue weighted by molar-refractivity contribution is 6.12. The van der Waals surface area contributed by atoms with Gasteiger partial charge in [-0.1, -0.05) is 48.6 Å². The van der Waals surface area contributed by atoms with Crippen molar-refractivity contribution in [3.8, 4) is 0 Å². The molecule has 0 aliphatic carbocycles. The van der Waals surface area contributed by atoms with Crippen LogP contribution in [0.3, 0.4) is 0 Å². The minimum Gasteiger partial charge on any atom is -0.379 e. The van der Waals surface area contributed by atoms with Crippen LogP contribution in [0.2, 0.25) is 0 Å². The third kappa shape index (κ3) is 6.13. The minimum atomic E-state index is -1.92. The van der Waals surface area contributed by atoms with Gasteiger partial charge in [0.25, 0.3) is 17.7 Å². The van der Waals surface area contributed by atoms with E-state index in [0.29, 0.717) is 5.56 Å². The number of ether oxygens (including phenoxy) is 1. The first-order chi connectivity index (χ1) is 16.8. The van der Waals surface area contributed by atoms with E-state index in [1.165, 1.54) is 32.1 Å². The number of amides is 3. The molecule has 0 unspecified atom stereocenters. The maximum Gasteiger partial charge on any atom is 0.278 e. The maximum absolute atomic E-state index is 13.0. The van der Waals surface area contributed by atoms with Crippen molar-refractivity contribution in [3.63, 3.8) is 0 Å². The SMILES string of the molecule is CNC(=O)[C@@](C)(C(=O)NO)N(C)C(=O)c1ccc(C=Cc2ccc(CN3CCOCC3)cc2)cc1. The zero-order valence-electron chi connectivity index (χ0n) is 20.3. The number of nitrogens with zero attached hydrogens (tertiary/aromatic N) is 2. The number of carbonyl (C=O) groups excluding carboxylic acids is 3. The molecule has 0 aromatic heterocycles. The van der Waals surface area contributed by atoms with E-state index >= 15 is 0 Å². The molecule has 1 saturated heterocycles. The van der Waals surface area contributed by atoms with Crippen LogP contribution in [-0.4, -0.2) is 78.7 Å². The fourth-order valence-electron chi connectivity index (χ4n) is 3.84. The molecule has 0 saturated carbocycles. The summed E-state index contributed by atoms with van der Waals surface area (Å²) in [5.41, 5.74) is 3.06. The molecule has 1 aliphatic rings. The van der Waals surface area contributed by atoms with E-state index in [4.69, 9.17) is 9.94 Å². The standard InChI is InChI=1S/C26H32N4O5/c1-26(24(32)27-2,25(33)28-34)29(3)23(31)22-12-10-20(11-13-22)5-4-19-6-8-21(9-7-19)18-30-14-16-35-17-15-30/h4-13,34H,14-18H2,1-3H3,(H,27,32)(H,28,33)/t26-/m0/s1. The van der Waals surface area contributed by atoms with E-state index in [1.807, 2.05) is 12.2 Å². The fourth-order valence-corrected chi connectivity index (χ4v) is 3.84. The molecule has 3 amide bonds. The van der Waals surface area contributed by atoms with Crippen LogP contribution in [0.25, 0.3) is 12.2 Å². The molecule has 2 aromatic carbocycles. The van der Waals surface area contributed by atoms with Gasteiger partial charge in [0.2, 0.25) is 0 Å². The Morgan fingerprint density at radius 3 is 2.06 bits per heavy atom. The number of hydroxylamine groups is 1. The van der Waals surface area contributed by atoms with E-state index in [0.717, 1.165) is 48.9 Å². The van der Waals surface area contributed by atoms with Gasteiger partial charge in [0.05, 0.1) is 13.2 Å². The summed E-state index contributed by atoms with van der Waals surface area (Å²) in [6.07, 6.45) is 3.94. The lowest BCUT2D eigenvalue weighted by molar-refractivity contribution is -0.148. The molecule has 0 bridgehead atoms. The normalized spacial score (nSPS) is 15.9. The number of benzene rings is 2. The van der Waals surface area contributed by atoms with E-state index in [9.17, 15) is 14.4 Å². The average Bonchev–Trinajstić information content (AvgIpc) is 2.91. The largest absolute Gasteiger partial charge is 0.379 e. The van der Waals surface area contributed by atoms with E-state index in [2.05, 4.69) is 34.5 Å². The highest BCUT2D eigenvalue weighted by atomic mass is 16.5. The Morgan fingerprint density at radius 2 is 1.54 bits per heavy atom. The highest BCUT2D eigenvalue weighted by Gasteiger charge is 2.47. The van der Waals surface area contributed by atoms with Crippen LogP contribution < -0.4 is 10.8 Å². The molecule has 0 spiro atoms. The number of likely N-dealkylation sites (N-methyl/N-ethyl adjacent to an activating group) is 2. The summed E-state index contributed by atoms with van der Waals surface area (Å²) in [5.74, 6) is -2.27. The quantitative estimate of drug-likeness (QED) is 0.230. The number of hydrogen-bond donors (Lipinski definition) is 3. The van der Waals surface area contributed by atoms with Crippen LogP contribution in [0.15, 0.2) is 48.5 Å². The average molecular weight is 481 g/mol. The van der Waals surface area contributed by atoms with Crippen LogP contribution in [0.5, 0.6) is 0 Å². The summed E-state index contributed by atoms with van der Waals surface area (Å²) in [4.78, 5) is 40.8. The molecule has 9 nitrogen and oxygen atoms in total. The molecule has 1 aliphatic heterocycles. The van der Waals surface area contributed by atoms with Gasteiger partial charge >= 0.3 is 0 Å². The molecule has 2 aromatic rings. The lowest BCUT2D eigenvalue weighted by atomic mass is 9.96. The first-order valence-corrected chi connectivity index (χ1v) is 11.4. The Bertz CT molecular complexity index is 1040. The molecule has 35 heavy (non-hydrogen) atoms. The molecule has 0 radical (unpaired) electrons. The van der Waals surface area contributed by atoms with Crippen molar-refractivity contribution in [2.24, 2.45) is 0 Å². The van der Waals surface area contributed by atoms with Crippen LogP contribution in [0, 0.1) is 0 Å². The Balaban J connectivity index is 1.65. The highest BCUT2D eigenvalue weighted by Crippen LogP contribution is 2.19. The molecule has 9 heteroatoms. The molecule has 1 fully saturated rings. The van der Waals surface area contributed by atoms with E-state index in [1.54, 1.807) is 24.3 Å². The Labute approximate surface area is 205 Å². The van der Waals surface area contributed by atoms with Crippen molar-refractivity contribution in [1.29, 1.82) is 0 Å². The van der Waals surface area contributed by atoms with Crippen LogP contribution >= 0.6 is 0 Å². The zero-order chi connectivity index (χ0) is 25.4. The predicted molar refractivity (Wildman–Crippen MR) is 132 cm³/mol. The van der Waals surface area contributed by atoms with Gasteiger partial charge in [0.1, 0.15) is 0 Å². The van der Waals surface area contributed by atoms with Gasteiger partial charge in [-0.05, 0) is 35.7 Å². The number of carbonyl (C=O) groups is 3. The van der Waals surface area contributed by atoms with Gasteiger partial charge in [0, 0.05) is 39.3 Å². The van der Waals surface area contributed by atoms with Crippen molar-refractivity contribution < 1.29 is 24.3 Å². The molecule has 1 atom stereocenters. The summed E-state index contributed by atoms with van der Waals surface area (Å²) in [6, 6.07) is 15.2. The first-order valence-electron chi connectivity index (χ1n) is 11.4. The van der Waals surface area contributed by atoms with Crippen molar-refractivity contribution in [2.45, 2.75) is 19.0 Å².